The van der Waals surface area contributed by atoms with E-state index in [2.05, 4.69) is 6.92 Å². The molecule has 0 saturated heterocycles. The Morgan fingerprint density at radius 2 is 1.55 bits per heavy atom. The third kappa shape index (κ3) is 6.29. The fourth-order valence-corrected chi connectivity index (χ4v) is 3.48. The average molecular weight is 304 g/mol. The summed E-state index contributed by atoms with van der Waals surface area (Å²) in [4.78, 5) is 0. The molecule has 0 bridgehead atoms. The zero-order chi connectivity index (χ0) is 15.6. The standard InChI is InChI=1S/C20H32O2/c1-2-3-4-5-6-7-17-8-10-18(11-9-17)16-22-20-14-12-19(21)13-15-20/h12-15,17-18,21H,2-11,16H2,1H3/t17-,18-. The van der Waals surface area contributed by atoms with Crippen LogP contribution < -0.4 is 4.74 Å². The van der Waals surface area contributed by atoms with E-state index in [-0.39, 0.29) is 0 Å². The normalized spacial score (nSPS) is 21.7. The lowest BCUT2D eigenvalue weighted by Crippen LogP contribution is -2.20. The Kier molecular flexibility index (Phi) is 7.62. The highest BCUT2D eigenvalue weighted by Crippen LogP contribution is 2.32. The van der Waals surface area contributed by atoms with Gasteiger partial charge >= 0.3 is 0 Å². The number of phenols is 1. The SMILES string of the molecule is CCCCCCC[C@H]1CC[C@H](COc2ccc(O)cc2)CC1. The zero-order valence-electron chi connectivity index (χ0n) is 14.1. The third-order valence-electron chi connectivity index (χ3n) is 5.00. The summed E-state index contributed by atoms with van der Waals surface area (Å²) in [5, 5.41) is 9.27. The zero-order valence-corrected chi connectivity index (χ0v) is 14.1. The van der Waals surface area contributed by atoms with Crippen LogP contribution in [0.2, 0.25) is 0 Å². The Morgan fingerprint density at radius 1 is 0.909 bits per heavy atom. The molecule has 1 aromatic rings. The van der Waals surface area contributed by atoms with Crippen LogP contribution in [0, 0.1) is 11.8 Å². The van der Waals surface area contributed by atoms with Gasteiger partial charge in [0.1, 0.15) is 11.5 Å². The van der Waals surface area contributed by atoms with E-state index < -0.39 is 0 Å². The van der Waals surface area contributed by atoms with Crippen LogP contribution in [0.5, 0.6) is 11.5 Å². The molecule has 2 heteroatoms. The van der Waals surface area contributed by atoms with Gasteiger partial charge in [-0.15, -0.1) is 0 Å². The van der Waals surface area contributed by atoms with Crippen LogP contribution in [0.1, 0.15) is 71.1 Å². The fraction of sp³-hybridized carbons (Fsp3) is 0.700. The Bertz CT molecular complexity index is 391. The lowest BCUT2D eigenvalue weighted by atomic mass is 9.80. The molecule has 0 heterocycles. The lowest BCUT2D eigenvalue weighted by molar-refractivity contribution is 0.177. The summed E-state index contributed by atoms with van der Waals surface area (Å²) in [6.07, 6.45) is 13.9. The average Bonchev–Trinajstić information content (AvgIpc) is 2.55. The van der Waals surface area contributed by atoms with Gasteiger partial charge in [0, 0.05) is 0 Å². The molecule has 124 valence electrons. The molecule has 0 unspecified atom stereocenters. The molecular formula is C20H32O2. The van der Waals surface area contributed by atoms with E-state index in [1.54, 1.807) is 12.1 Å². The van der Waals surface area contributed by atoms with Crippen LogP contribution in [0.3, 0.4) is 0 Å². The molecule has 0 spiro atoms. The first-order chi connectivity index (χ1) is 10.8. The summed E-state index contributed by atoms with van der Waals surface area (Å²) in [6, 6.07) is 7.06. The van der Waals surface area contributed by atoms with Crippen LogP contribution >= 0.6 is 0 Å². The fourth-order valence-electron chi connectivity index (χ4n) is 3.48. The van der Waals surface area contributed by atoms with Crippen LogP contribution in [0.25, 0.3) is 0 Å². The van der Waals surface area contributed by atoms with Crippen molar-refractivity contribution >= 4 is 0 Å². The van der Waals surface area contributed by atoms with E-state index >= 15 is 0 Å². The quantitative estimate of drug-likeness (QED) is 0.572. The number of unbranched alkanes of at least 4 members (excludes halogenated alkanes) is 4. The van der Waals surface area contributed by atoms with E-state index in [9.17, 15) is 5.11 Å². The van der Waals surface area contributed by atoms with Gasteiger partial charge in [0.15, 0.2) is 0 Å². The van der Waals surface area contributed by atoms with Gasteiger partial charge in [0.05, 0.1) is 6.61 Å². The second-order valence-electron chi connectivity index (χ2n) is 6.89. The first kappa shape index (κ1) is 17.2. The van der Waals surface area contributed by atoms with Gasteiger partial charge in [0.2, 0.25) is 0 Å². The van der Waals surface area contributed by atoms with Crippen molar-refractivity contribution in [2.45, 2.75) is 71.1 Å². The molecule has 0 aliphatic heterocycles. The third-order valence-corrected chi connectivity index (χ3v) is 5.00. The second-order valence-corrected chi connectivity index (χ2v) is 6.89. The Labute approximate surface area is 135 Å². The minimum atomic E-state index is 0.298. The summed E-state index contributed by atoms with van der Waals surface area (Å²) in [6.45, 7) is 3.11. The molecule has 2 rings (SSSR count). The number of rotatable bonds is 9. The minimum absolute atomic E-state index is 0.298. The highest BCUT2D eigenvalue weighted by atomic mass is 16.5. The molecule has 1 aliphatic carbocycles. The van der Waals surface area contributed by atoms with Crippen molar-refractivity contribution < 1.29 is 9.84 Å². The highest BCUT2D eigenvalue weighted by Gasteiger charge is 2.21. The van der Waals surface area contributed by atoms with Crippen molar-refractivity contribution in [2.24, 2.45) is 11.8 Å². The van der Waals surface area contributed by atoms with Crippen molar-refractivity contribution in [2.75, 3.05) is 6.61 Å². The second kappa shape index (κ2) is 9.76. The van der Waals surface area contributed by atoms with E-state index in [0.717, 1.165) is 18.3 Å². The summed E-state index contributed by atoms with van der Waals surface area (Å²) in [5.41, 5.74) is 0. The molecule has 0 atom stereocenters. The number of hydrogen-bond donors (Lipinski definition) is 1. The molecule has 0 amide bonds. The lowest BCUT2D eigenvalue weighted by Gasteiger charge is -2.28. The Hall–Kier alpha value is -1.18. The first-order valence-electron chi connectivity index (χ1n) is 9.19. The largest absolute Gasteiger partial charge is 0.508 e. The van der Waals surface area contributed by atoms with Crippen LogP contribution in [0.15, 0.2) is 24.3 Å². The summed E-state index contributed by atoms with van der Waals surface area (Å²) in [7, 11) is 0. The van der Waals surface area contributed by atoms with Crippen molar-refractivity contribution in [3.63, 3.8) is 0 Å². The predicted octanol–water partition coefficient (Wildman–Crippen LogP) is 5.94. The van der Waals surface area contributed by atoms with Crippen molar-refractivity contribution in [3.05, 3.63) is 24.3 Å². The van der Waals surface area contributed by atoms with Crippen molar-refractivity contribution in [1.82, 2.24) is 0 Å². The monoisotopic (exact) mass is 304 g/mol. The number of aromatic hydroxyl groups is 1. The highest BCUT2D eigenvalue weighted by molar-refractivity contribution is 5.30. The Morgan fingerprint density at radius 3 is 2.23 bits per heavy atom. The van der Waals surface area contributed by atoms with E-state index in [1.807, 2.05) is 12.1 Å². The van der Waals surface area contributed by atoms with Gasteiger partial charge in [-0.05, 0) is 48.9 Å². The first-order valence-corrected chi connectivity index (χ1v) is 9.19. The summed E-state index contributed by atoms with van der Waals surface area (Å²) in [5.74, 6) is 2.85. The van der Waals surface area contributed by atoms with Crippen LogP contribution in [-0.2, 0) is 0 Å². The molecule has 1 aromatic carbocycles. The number of hydrogen-bond acceptors (Lipinski definition) is 2. The number of benzene rings is 1. The van der Waals surface area contributed by atoms with Gasteiger partial charge in [-0.3, -0.25) is 0 Å². The number of phenolic OH excluding ortho intramolecular Hbond substituents is 1. The van der Waals surface area contributed by atoms with E-state index in [1.165, 1.54) is 64.2 Å². The van der Waals surface area contributed by atoms with Gasteiger partial charge < -0.3 is 9.84 Å². The summed E-state index contributed by atoms with van der Waals surface area (Å²) >= 11 is 0. The molecule has 22 heavy (non-hydrogen) atoms. The molecule has 2 nitrogen and oxygen atoms in total. The van der Waals surface area contributed by atoms with Crippen LogP contribution in [0.4, 0.5) is 0 Å². The topological polar surface area (TPSA) is 29.5 Å². The van der Waals surface area contributed by atoms with Crippen molar-refractivity contribution in [3.8, 4) is 11.5 Å². The van der Waals surface area contributed by atoms with Crippen LogP contribution in [-0.4, -0.2) is 11.7 Å². The maximum Gasteiger partial charge on any atom is 0.119 e. The molecule has 1 aliphatic rings. The molecule has 1 saturated carbocycles. The molecule has 0 radical (unpaired) electrons. The van der Waals surface area contributed by atoms with Gasteiger partial charge in [-0.1, -0.05) is 58.3 Å². The Balaban J connectivity index is 1.56. The minimum Gasteiger partial charge on any atom is -0.508 e. The van der Waals surface area contributed by atoms with Gasteiger partial charge in [-0.2, -0.15) is 0 Å². The maximum absolute atomic E-state index is 9.27. The molecule has 1 fully saturated rings. The number of ether oxygens (including phenoxy) is 1. The molecular weight excluding hydrogens is 272 g/mol. The molecule has 1 N–H and O–H groups in total. The summed E-state index contributed by atoms with van der Waals surface area (Å²) < 4.78 is 5.85. The predicted molar refractivity (Wildman–Crippen MR) is 92.4 cm³/mol. The maximum atomic E-state index is 9.27. The smallest absolute Gasteiger partial charge is 0.119 e. The van der Waals surface area contributed by atoms with Crippen molar-refractivity contribution in [1.29, 1.82) is 0 Å². The van der Waals surface area contributed by atoms with Gasteiger partial charge in [0.25, 0.3) is 0 Å². The van der Waals surface area contributed by atoms with E-state index in [0.29, 0.717) is 11.7 Å². The van der Waals surface area contributed by atoms with Gasteiger partial charge in [-0.25, -0.2) is 0 Å². The molecule has 0 aromatic heterocycles. The van der Waals surface area contributed by atoms with E-state index in [4.69, 9.17) is 4.74 Å².